The summed E-state index contributed by atoms with van der Waals surface area (Å²) in [5, 5.41) is 13.4. The van der Waals surface area contributed by atoms with Gasteiger partial charge >= 0.3 is 0 Å². The van der Waals surface area contributed by atoms with Crippen LogP contribution in [0.25, 0.3) is 44.6 Å². The van der Waals surface area contributed by atoms with Gasteiger partial charge in [0.15, 0.2) is 11.5 Å². The second-order valence-electron chi connectivity index (χ2n) is 15.6. The first-order valence-corrected chi connectivity index (χ1v) is 18.2. The number of aliphatic hydroxyl groups excluding tert-OH is 1. The van der Waals surface area contributed by atoms with Crippen LogP contribution in [0.1, 0.15) is 113 Å². The van der Waals surface area contributed by atoms with E-state index in [4.69, 9.17) is 4.42 Å². The van der Waals surface area contributed by atoms with Gasteiger partial charge in [-0.1, -0.05) is 105 Å². The van der Waals surface area contributed by atoms with Gasteiger partial charge in [0.05, 0.1) is 0 Å². The predicted molar refractivity (Wildman–Crippen MR) is 207 cm³/mol. The number of allylic oxidation sites excluding steroid dienone is 2. The van der Waals surface area contributed by atoms with Gasteiger partial charge in [0.2, 0.25) is 5.71 Å². The van der Waals surface area contributed by atoms with E-state index >= 15 is 0 Å². The minimum atomic E-state index is -0.337. The number of carbonyl (C=O) groups excluding carboxylic acids is 1. The van der Waals surface area contributed by atoms with Crippen LogP contribution in [0.2, 0.25) is 0 Å². The first-order chi connectivity index (χ1) is 23.6. The maximum Gasteiger partial charge on any atom is 0.226 e. The third-order valence-corrected chi connectivity index (χ3v) is 10.5. The van der Waals surface area contributed by atoms with Gasteiger partial charge in [0, 0.05) is 54.3 Å². The molecule has 7 heteroatoms. The van der Waals surface area contributed by atoms with Crippen molar-refractivity contribution >= 4 is 27.7 Å². The van der Waals surface area contributed by atoms with E-state index < -0.39 is 0 Å². The SMILES string of the molecule is CC(C)Cc1cnc2oc(-c3cc(-c4[c-]c5ccccc5c(C(C)(C)C)c4)ncn3)cc2c1.CCC(C)(CC)C(=O)/C=C(\O)C(C)(CC)CC.[Ir]. The summed E-state index contributed by atoms with van der Waals surface area (Å²) < 4.78 is 6.04. The Balaban J connectivity index is 0.000000335. The maximum absolute atomic E-state index is 12.2. The van der Waals surface area contributed by atoms with E-state index in [0.717, 1.165) is 59.8 Å². The molecule has 0 saturated carbocycles. The summed E-state index contributed by atoms with van der Waals surface area (Å²) in [7, 11) is 0. The summed E-state index contributed by atoms with van der Waals surface area (Å²) in [5.41, 5.74) is 5.03. The van der Waals surface area contributed by atoms with Crippen molar-refractivity contribution in [1.82, 2.24) is 15.0 Å². The first-order valence-electron chi connectivity index (χ1n) is 18.2. The van der Waals surface area contributed by atoms with E-state index in [9.17, 15) is 9.90 Å². The van der Waals surface area contributed by atoms with Crippen LogP contribution in [0.3, 0.4) is 0 Å². The molecule has 0 fully saturated rings. The Labute approximate surface area is 319 Å². The number of ketones is 1. The van der Waals surface area contributed by atoms with Crippen molar-refractivity contribution < 1.29 is 34.4 Å². The molecule has 0 bridgehead atoms. The molecule has 6 nitrogen and oxygen atoms in total. The van der Waals surface area contributed by atoms with E-state index in [2.05, 4.69) is 92.0 Å². The molecule has 2 aromatic carbocycles. The van der Waals surface area contributed by atoms with Crippen LogP contribution in [0.5, 0.6) is 0 Å². The number of aromatic nitrogens is 3. The zero-order valence-corrected chi connectivity index (χ0v) is 34.8. The molecule has 51 heavy (non-hydrogen) atoms. The Morgan fingerprint density at radius 1 is 0.863 bits per heavy atom. The second kappa shape index (κ2) is 17.2. The largest absolute Gasteiger partial charge is 0.512 e. The molecule has 0 atom stereocenters. The average Bonchev–Trinajstić information content (AvgIpc) is 3.53. The molecule has 1 N–H and O–H groups in total. The number of carbonyl (C=O) groups is 1. The van der Waals surface area contributed by atoms with Gasteiger partial charge in [-0.15, -0.1) is 29.1 Å². The summed E-state index contributed by atoms with van der Waals surface area (Å²) in [4.78, 5) is 25.8. The number of furan rings is 1. The number of nitrogens with zero attached hydrogens (tertiary/aromatic N) is 3. The van der Waals surface area contributed by atoms with Crippen LogP contribution < -0.4 is 0 Å². The van der Waals surface area contributed by atoms with Crippen LogP contribution >= 0.6 is 0 Å². The van der Waals surface area contributed by atoms with Gasteiger partial charge < -0.3 is 9.52 Å². The van der Waals surface area contributed by atoms with E-state index in [-0.39, 0.29) is 47.9 Å². The standard InChI is InChI=1S/C29H28N3O.C15H28O2.Ir/c1-18(2)10-19-11-22-14-27(33-28(22)30-16-19)26-15-25(31-17-32-26)21-12-20-8-6-7-9-23(20)24(13-21)29(3,4)5;1-7-14(5,8-2)12(16)11-13(17)15(6,9-3)10-4;/h6-9,11,13-18H,10H2,1-5H3;11,16H,7-10H2,1-6H3;/q-1;;/b;12-11-;. The molecule has 1 radical (unpaired) electrons. The van der Waals surface area contributed by atoms with Crippen LogP contribution in [-0.4, -0.2) is 25.8 Å². The fraction of sp³-hybridized carbons (Fsp3) is 0.455. The smallest absolute Gasteiger partial charge is 0.226 e. The Morgan fingerprint density at radius 3 is 2.10 bits per heavy atom. The second-order valence-corrected chi connectivity index (χ2v) is 15.6. The fourth-order valence-electron chi connectivity index (χ4n) is 6.00. The van der Waals surface area contributed by atoms with Crippen LogP contribution in [0.15, 0.2) is 77.3 Å². The van der Waals surface area contributed by atoms with E-state index in [0.29, 0.717) is 17.4 Å². The zero-order chi connectivity index (χ0) is 36.9. The number of fused-ring (bicyclic) bond motifs is 2. The minimum absolute atomic E-state index is 0. The van der Waals surface area contributed by atoms with E-state index in [1.165, 1.54) is 22.6 Å². The molecule has 0 unspecified atom stereocenters. The Hall–Kier alpha value is -3.67. The predicted octanol–water partition coefficient (Wildman–Crippen LogP) is 12.0. The normalized spacial score (nSPS) is 12.5. The number of benzene rings is 2. The molecule has 0 aliphatic heterocycles. The van der Waals surface area contributed by atoms with Crippen LogP contribution in [0.4, 0.5) is 0 Å². The average molecular weight is 867 g/mol. The van der Waals surface area contributed by atoms with Crippen molar-refractivity contribution in [2.24, 2.45) is 16.7 Å². The van der Waals surface area contributed by atoms with Crippen molar-refractivity contribution in [3.8, 4) is 22.7 Å². The molecule has 3 heterocycles. The van der Waals surface area contributed by atoms with Gasteiger partial charge in [0.1, 0.15) is 17.8 Å². The summed E-state index contributed by atoms with van der Waals surface area (Å²) in [6, 6.07) is 20.3. The third-order valence-electron chi connectivity index (χ3n) is 10.5. The van der Waals surface area contributed by atoms with Crippen LogP contribution in [-0.2, 0) is 36.7 Å². The summed E-state index contributed by atoms with van der Waals surface area (Å²) in [6.45, 7) is 23.2. The monoisotopic (exact) mass is 867 g/mol. The maximum atomic E-state index is 12.2. The molecule has 0 amide bonds. The number of hydrogen-bond acceptors (Lipinski definition) is 6. The van der Waals surface area contributed by atoms with Crippen LogP contribution in [0, 0.1) is 22.8 Å². The molecule has 0 aliphatic rings. The van der Waals surface area contributed by atoms with Crippen molar-refractivity contribution in [1.29, 1.82) is 0 Å². The first kappa shape index (κ1) is 41.7. The van der Waals surface area contributed by atoms with Gasteiger partial charge in [-0.05, 0) is 67.2 Å². The molecule has 5 rings (SSSR count). The topological polar surface area (TPSA) is 89.1 Å². The molecular weight excluding hydrogens is 811 g/mol. The molecular formula is C44H56IrN3O3-. The number of hydrogen-bond donors (Lipinski definition) is 1. The molecule has 275 valence electrons. The quantitative estimate of drug-likeness (QED) is 0.0808. The van der Waals surface area contributed by atoms with Gasteiger partial charge in [-0.2, -0.15) is 0 Å². The Kier molecular flexibility index (Phi) is 14.1. The third kappa shape index (κ3) is 9.81. The zero-order valence-electron chi connectivity index (χ0n) is 32.4. The van der Waals surface area contributed by atoms with Gasteiger partial charge in [-0.25, -0.2) is 9.97 Å². The fourth-order valence-corrected chi connectivity index (χ4v) is 6.00. The van der Waals surface area contributed by atoms with Crippen molar-refractivity contribution in [3.63, 3.8) is 0 Å². The Bertz CT molecular complexity index is 1960. The van der Waals surface area contributed by atoms with Gasteiger partial charge in [-0.3, -0.25) is 9.78 Å². The molecule has 0 saturated heterocycles. The summed E-state index contributed by atoms with van der Waals surface area (Å²) >= 11 is 0. The molecule has 0 spiro atoms. The molecule has 5 aromatic rings. The van der Waals surface area contributed by atoms with E-state index in [1.807, 2.05) is 59.9 Å². The summed E-state index contributed by atoms with van der Waals surface area (Å²) in [6.07, 6.45) is 9.24. The van der Waals surface area contributed by atoms with Crippen molar-refractivity contribution in [3.05, 3.63) is 90.1 Å². The minimum Gasteiger partial charge on any atom is -0.512 e. The Morgan fingerprint density at radius 2 is 1.49 bits per heavy atom. The molecule has 3 aromatic heterocycles. The summed E-state index contributed by atoms with van der Waals surface area (Å²) in [5.74, 6) is 1.56. The number of rotatable bonds is 11. The van der Waals surface area contributed by atoms with Gasteiger partial charge in [0.25, 0.3) is 0 Å². The van der Waals surface area contributed by atoms with Crippen molar-refractivity contribution in [2.45, 2.75) is 114 Å². The van der Waals surface area contributed by atoms with Crippen molar-refractivity contribution in [2.75, 3.05) is 0 Å². The molecule has 0 aliphatic carbocycles. The number of pyridine rings is 1. The number of aliphatic hydroxyl groups is 1. The van der Waals surface area contributed by atoms with E-state index in [1.54, 1.807) is 6.33 Å².